The fourth-order valence-electron chi connectivity index (χ4n) is 7.63. The third-order valence-electron chi connectivity index (χ3n) is 9.63. The summed E-state index contributed by atoms with van der Waals surface area (Å²) in [5.74, 6) is 3.57. The highest BCUT2D eigenvalue weighted by Gasteiger charge is 2.39. The number of hydrogen-bond donors (Lipinski definition) is 0. The molecular formula is C32H46F2. The maximum absolute atomic E-state index is 14.9. The fraction of sp³-hybridized carbons (Fsp3) is 0.688. The second-order valence-corrected chi connectivity index (χ2v) is 11.6. The van der Waals surface area contributed by atoms with Crippen LogP contribution in [0.2, 0.25) is 0 Å². The monoisotopic (exact) mass is 468 g/mol. The summed E-state index contributed by atoms with van der Waals surface area (Å²) in [6, 6.07) is 3.72. The quantitative estimate of drug-likeness (QED) is 0.333. The Hall–Kier alpha value is -1.44. The van der Waals surface area contributed by atoms with Crippen LogP contribution in [-0.4, -0.2) is 0 Å². The molecule has 4 atom stereocenters. The van der Waals surface area contributed by atoms with Crippen LogP contribution in [0, 0.1) is 41.2 Å². The largest absolute Gasteiger partial charge is 0.203 e. The molecule has 4 unspecified atom stereocenters. The Morgan fingerprint density at radius 2 is 1.32 bits per heavy atom. The van der Waals surface area contributed by atoms with Crippen molar-refractivity contribution in [3.8, 4) is 0 Å². The van der Waals surface area contributed by atoms with Crippen molar-refractivity contribution in [2.75, 3.05) is 0 Å². The Morgan fingerprint density at radius 1 is 0.706 bits per heavy atom. The number of halogens is 2. The molecule has 1 aromatic rings. The van der Waals surface area contributed by atoms with Gasteiger partial charge in [0.25, 0.3) is 0 Å². The lowest BCUT2D eigenvalue weighted by molar-refractivity contribution is 0.0620. The van der Waals surface area contributed by atoms with Crippen molar-refractivity contribution in [2.45, 2.75) is 110 Å². The van der Waals surface area contributed by atoms with Crippen molar-refractivity contribution in [3.05, 3.63) is 59.2 Å². The molecule has 2 heteroatoms. The lowest BCUT2D eigenvalue weighted by atomic mass is 9.60. The summed E-state index contributed by atoms with van der Waals surface area (Å²) in [5, 5.41) is 0. The Labute approximate surface area is 207 Å². The van der Waals surface area contributed by atoms with E-state index in [0.717, 1.165) is 48.9 Å². The van der Waals surface area contributed by atoms with Crippen LogP contribution in [0.25, 0.3) is 0 Å². The topological polar surface area (TPSA) is 0 Å². The van der Waals surface area contributed by atoms with Crippen LogP contribution in [0.1, 0.15) is 114 Å². The Kier molecular flexibility index (Phi) is 9.43. The predicted molar refractivity (Wildman–Crippen MR) is 140 cm³/mol. The van der Waals surface area contributed by atoms with Crippen LogP contribution in [0.4, 0.5) is 8.78 Å². The highest BCUT2D eigenvalue weighted by atomic mass is 19.2. The molecule has 1 aromatic carbocycles. The summed E-state index contributed by atoms with van der Waals surface area (Å²) in [5.41, 5.74) is 1.15. The van der Waals surface area contributed by atoms with Gasteiger partial charge in [-0.25, -0.2) is 8.78 Å². The Morgan fingerprint density at radius 3 is 2.06 bits per heavy atom. The molecule has 0 nitrogen and oxygen atoms in total. The summed E-state index contributed by atoms with van der Waals surface area (Å²) in [6.07, 6.45) is 25.5. The van der Waals surface area contributed by atoms with E-state index in [4.69, 9.17) is 0 Å². The van der Waals surface area contributed by atoms with Gasteiger partial charge < -0.3 is 0 Å². The molecule has 0 heterocycles. The molecule has 0 aliphatic heterocycles. The first kappa shape index (κ1) is 25.6. The van der Waals surface area contributed by atoms with E-state index >= 15 is 0 Å². The maximum Gasteiger partial charge on any atom is 0.162 e. The Bertz CT molecular complexity index is 830. The number of hydrogen-bond acceptors (Lipinski definition) is 0. The molecule has 0 N–H and O–H groups in total. The van der Waals surface area contributed by atoms with Crippen molar-refractivity contribution in [2.24, 2.45) is 29.6 Å². The van der Waals surface area contributed by atoms with Gasteiger partial charge in [-0.2, -0.15) is 0 Å². The van der Waals surface area contributed by atoms with Crippen molar-refractivity contribution < 1.29 is 8.78 Å². The van der Waals surface area contributed by atoms with E-state index in [1.54, 1.807) is 0 Å². The smallest absolute Gasteiger partial charge is 0.162 e. The summed E-state index contributed by atoms with van der Waals surface area (Å²) < 4.78 is 29.6. The highest BCUT2D eigenvalue weighted by Crippen LogP contribution is 2.50. The van der Waals surface area contributed by atoms with Crippen molar-refractivity contribution in [3.63, 3.8) is 0 Å². The minimum absolute atomic E-state index is 0.194. The van der Waals surface area contributed by atoms with Gasteiger partial charge in [-0.3, -0.25) is 0 Å². The maximum atomic E-state index is 14.9. The lowest BCUT2D eigenvalue weighted by Gasteiger charge is -2.45. The highest BCUT2D eigenvalue weighted by molar-refractivity contribution is 5.29. The van der Waals surface area contributed by atoms with E-state index in [1.165, 1.54) is 64.2 Å². The van der Waals surface area contributed by atoms with E-state index in [9.17, 15) is 8.78 Å². The first-order valence-electron chi connectivity index (χ1n) is 14.3. The number of allylic oxidation sites excluding steroid dienone is 4. The van der Waals surface area contributed by atoms with E-state index in [-0.39, 0.29) is 5.92 Å². The molecule has 0 radical (unpaired) electrons. The van der Waals surface area contributed by atoms with Gasteiger partial charge in [0, 0.05) is 0 Å². The third kappa shape index (κ3) is 6.21. The molecule has 0 spiro atoms. The average molecular weight is 469 g/mol. The molecular weight excluding hydrogens is 422 g/mol. The first-order valence-corrected chi connectivity index (χ1v) is 14.3. The van der Waals surface area contributed by atoms with Gasteiger partial charge in [-0.15, -0.1) is 0 Å². The Balaban J connectivity index is 1.27. The zero-order valence-electron chi connectivity index (χ0n) is 21.6. The zero-order valence-corrected chi connectivity index (χ0v) is 21.6. The van der Waals surface area contributed by atoms with E-state index in [2.05, 4.69) is 19.1 Å². The molecule has 3 saturated carbocycles. The number of benzene rings is 1. The molecule has 34 heavy (non-hydrogen) atoms. The summed E-state index contributed by atoms with van der Waals surface area (Å²) in [6.45, 7) is 4.09. The summed E-state index contributed by atoms with van der Waals surface area (Å²) >= 11 is 0. The molecule has 188 valence electrons. The lowest BCUT2D eigenvalue weighted by Crippen LogP contribution is -2.34. The van der Waals surface area contributed by atoms with Crippen LogP contribution < -0.4 is 0 Å². The average Bonchev–Trinajstić information content (AvgIpc) is 2.87. The van der Waals surface area contributed by atoms with Gasteiger partial charge in [0.2, 0.25) is 0 Å². The normalized spacial score (nSPS) is 32.4. The van der Waals surface area contributed by atoms with Crippen molar-refractivity contribution in [1.82, 2.24) is 0 Å². The number of rotatable bonds is 8. The number of aryl methyl sites for hydroxylation is 1. The molecule has 0 amide bonds. The van der Waals surface area contributed by atoms with Gasteiger partial charge in [0.1, 0.15) is 0 Å². The molecule has 3 aliphatic rings. The van der Waals surface area contributed by atoms with Gasteiger partial charge >= 0.3 is 0 Å². The molecule has 3 fully saturated rings. The molecule has 0 aromatic heterocycles. The standard InChI is InChI=1S/C32H46F2/c1-3-5-7-9-23-11-12-29-22-28(18-17-27(29)21-23)24-13-15-25(16-14-24)30-20-19-26(10-8-6-4-2)31(33)32(30)34/h3-6,19-20,23-25,27-29H,7-18,21-22H2,1-2H3/b5-3+,6-4+. The second kappa shape index (κ2) is 12.5. The van der Waals surface area contributed by atoms with Crippen molar-refractivity contribution in [1.29, 1.82) is 0 Å². The minimum atomic E-state index is -0.608. The minimum Gasteiger partial charge on any atom is -0.203 e. The number of fused-ring (bicyclic) bond motifs is 1. The predicted octanol–water partition coefficient (Wildman–Crippen LogP) is 9.94. The van der Waals surface area contributed by atoms with E-state index in [0.29, 0.717) is 17.5 Å². The van der Waals surface area contributed by atoms with Gasteiger partial charge in [0.15, 0.2) is 11.6 Å². The SMILES string of the molecule is C/C=C/CCc1ccc(C2CCC(C3CCC4CC(CC/C=C/C)CCC4C3)CC2)c(F)c1F. The van der Waals surface area contributed by atoms with Crippen LogP contribution >= 0.6 is 0 Å². The summed E-state index contributed by atoms with van der Waals surface area (Å²) in [7, 11) is 0. The molecule has 3 aliphatic carbocycles. The fourth-order valence-corrected chi connectivity index (χ4v) is 7.63. The molecule has 0 saturated heterocycles. The van der Waals surface area contributed by atoms with Gasteiger partial charge in [-0.05, 0) is 144 Å². The molecule has 0 bridgehead atoms. The zero-order chi connectivity index (χ0) is 23.9. The van der Waals surface area contributed by atoms with Crippen molar-refractivity contribution >= 4 is 0 Å². The summed E-state index contributed by atoms with van der Waals surface area (Å²) in [4.78, 5) is 0. The van der Waals surface area contributed by atoms with E-state index < -0.39 is 11.6 Å². The second-order valence-electron chi connectivity index (χ2n) is 11.6. The van der Waals surface area contributed by atoms with Crippen LogP contribution in [0.15, 0.2) is 36.4 Å². The van der Waals surface area contributed by atoms with Crippen LogP contribution in [0.3, 0.4) is 0 Å². The van der Waals surface area contributed by atoms with E-state index in [1.807, 2.05) is 31.2 Å². The molecule has 4 rings (SSSR count). The van der Waals surface area contributed by atoms with Gasteiger partial charge in [-0.1, -0.05) is 42.9 Å². The van der Waals surface area contributed by atoms with Crippen LogP contribution in [0.5, 0.6) is 0 Å². The van der Waals surface area contributed by atoms with Crippen LogP contribution in [-0.2, 0) is 6.42 Å². The van der Waals surface area contributed by atoms with Gasteiger partial charge in [0.05, 0.1) is 0 Å². The first-order chi connectivity index (χ1) is 16.6. The third-order valence-corrected chi connectivity index (χ3v) is 9.63.